The van der Waals surface area contributed by atoms with Gasteiger partial charge in [0.1, 0.15) is 0 Å². The average Bonchev–Trinajstić information content (AvgIpc) is 3.66. The van der Waals surface area contributed by atoms with Gasteiger partial charge in [-0.2, -0.15) is 0 Å². The topological polar surface area (TPSA) is 9.86 Å². The number of aromatic nitrogens is 2. The normalized spacial score (nSPS) is 11.7. The van der Waals surface area contributed by atoms with Crippen molar-refractivity contribution in [3.05, 3.63) is 192 Å². The Balaban J connectivity index is 0.924. The molecule has 0 N–H and O–H groups in total. The molecule has 0 unspecified atom stereocenters. The Bertz CT molecular complexity index is 2350. The lowest BCUT2D eigenvalue weighted by atomic mass is 9.99. The molecule has 0 bridgehead atoms. The molecule has 2 nitrogen and oxygen atoms in total. The van der Waals surface area contributed by atoms with Crippen LogP contribution in [-0.4, -0.2) is 9.13 Å². The van der Waals surface area contributed by atoms with E-state index in [0.29, 0.717) is 0 Å². The number of rotatable bonds is 8. The number of hydrogen-bond acceptors (Lipinski definition) is 0. The number of fused-ring (bicyclic) bond motifs is 6. The van der Waals surface area contributed by atoms with Crippen molar-refractivity contribution in [3.8, 4) is 11.4 Å². The molecule has 9 aromatic rings. The first-order valence-corrected chi connectivity index (χ1v) is 17.0. The minimum atomic E-state index is 1.01. The van der Waals surface area contributed by atoms with Crippen LogP contribution in [0.2, 0.25) is 0 Å². The van der Waals surface area contributed by atoms with Crippen LogP contribution < -0.4 is 0 Å². The van der Waals surface area contributed by atoms with Crippen molar-refractivity contribution in [1.29, 1.82) is 0 Å². The molecule has 2 heteroatoms. The minimum Gasteiger partial charge on any atom is -0.309 e. The van der Waals surface area contributed by atoms with Crippen LogP contribution >= 0.6 is 0 Å². The predicted molar refractivity (Wildman–Crippen MR) is 203 cm³/mol. The first kappa shape index (κ1) is 28.4. The molecule has 0 spiro atoms. The molecule has 230 valence electrons. The van der Waals surface area contributed by atoms with Crippen molar-refractivity contribution < 1.29 is 0 Å². The molecule has 0 atom stereocenters. The van der Waals surface area contributed by atoms with E-state index in [0.717, 1.165) is 25.7 Å². The number of hydrogen-bond donors (Lipinski definition) is 0. The van der Waals surface area contributed by atoms with E-state index in [9.17, 15) is 0 Å². The second kappa shape index (κ2) is 12.1. The van der Waals surface area contributed by atoms with E-state index in [1.165, 1.54) is 77.2 Å². The summed E-state index contributed by atoms with van der Waals surface area (Å²) in [5, 5.41) is 5.22. The third kappa shape index (κ3) is 5.07. The SMILES string of the molecule is c1ccc(-n2c3ccccc3c3ccc(CCc4ccc(CCc5ccc6c7ccccc7n(-c7ccccc7)c6c5)cc4)cc32)cc1. The zero-order valence-corrected chi connectivity index (χ0v) is 26.9. The molecule has 0 amide bonds. The molecule has 7 aromatic carbocycles. The molecule has 0 aliphatic rings. The molecule has 2 aromatic heterocycles. The van der Waals surface area contributed by atoms with E-state index in [1.807, 2.05) is 0 Å². The van der Waals surface area contributed by atoms with Gasteiger partial charge < -0.3 is 9.13 Å². The maximum Gasteiger partial charge on any atom is 0.0543 e. The Hall–Kier alpha value is -5.86. The molecule has 0 saturated heterocycles. The van der Waals surface area contributed by atoms with Gasteiger partial charge >= 0.3 is 0 Å². The van der Waals surface area contributed by atoms with Crippen molar-refractivity contribution in [2.45, 2.75) is 25.7 Å². The van der Waals surface area contributed by atoms with Gasteiger partial charge in [0.25, 0.3) is 0 Å². The van der Waals surface area contributed by atoms with Crippen LogP contribution in [0.25, 0.3) is 55.0 Å². The van der Waals surface area contributed by atoms with Crippen LogP contribution in [0.15, 0.2) is 170 Å². The third-order valence-electron chi connectivity index (χ3n) is 9.93. The van der Waals surface area contributed by atoms with E-state index >= 15 is 0 Å². The van der Waals surface area contributed by atoms with Crippen molar-refractivity contribution in [2.75, 3.05) is 0 Å². The fourth-order valence-electron chi connectivity index (χ4n) is 7.50. The highest BCUT2D eigenvalue weighted by Gasteiger charge is 2.14. The Morgan fingerprint density at radius 2 is 0.604 bits per heavy atom. The second-order valence-electron chi connectivity index (χ2n) is 12.9. The quantitative estimate of drug-likeness (QED) is 0.161. The summed E-state index contributed by atoms with van der Waals surface area (Å²) in [7, 11) is 0. The largest absolute Gasteiger partial charge is 0.309 e. The number of nitrogens with zero attached hydrogens (tertiary/aromatic N) is 2. The van der Waals surface area contributed by atoms with Crippen LogP contribution in [0, 0.1) is 0 Å². The van der Waals surface area contributed by atoms with Gasteiger partial charge in [0.2, 0.25) is 0 Å². The van der Waals surface area contributed by atoms with Gasteiger partial charge in [-0.15, -0.1) is 0 Å². The predicted octanol–water partition coefficient (Wildman–Crippen LogP) is 11.5. The molecule has 2 heterocycles. The van der Waals surface area contributed by atoms with Gasteiger partial charge in [-0.3, -0.25) is 0 Å². The van der Waals surface area contributed by atoms with E-state index in [4.69, 9.17) is 0 Å². The fourth-order valence-corrected chi connectivity index (χ4v) is 7.50. The molecular weight excluding hydrogens is 581 g/mol. The molecule has 0 fully saturated rings. The van der Waals surface area contributed by atoms with Crippen LogP contribution in [0.5, 0.6) is 0 Å². The maximum atomic E-state index is 2.40. The lowest BCUT2D eigenvalue weighted by Gasteiger charge is -2.09. The summed E-state index contributed by atoms with van der Waals surface area (Å²) < 4.78 is 4.81. The van der Waals surface area contributed by atoms with Crippen molar-refractivity contribution in [1.82, 2.24) is 9.13 Å². The van der Waals surface area contributed by atoms with Crippen LogP contribution in [0.4, 0.5) is 0 Å². The highest BCUT2D eigenvalue weighted by atomic mass is 15.0. The minimum absolute atomic E-state index is 1.01. The van der Waals surface area contributed by atoms with Crippen LogP contribution in [0.1, 0.15) is 22.3 Å². The second-order valence-corrected chi connectivity index (χ2v) is 12.9. The Labute approximate surface area is 281 Å². The Kier molecular flexibility index (Phi) is 7.13. The standard InChI is InChI=1S/C46H36N2/c1-3-11-37(12-4-1)47-43-17-9-7-15-39(43)41-29-27-35(31-45(41)47)25-23-33-19-21-34(22-20-33)24-26-36-28-30-42-40-16-8-10-18-44(40)48(46(42)32-36)38-13-5-2-6-14-38/h1-22,27-32H,23-26H2. The monoisotopic (exact) mass is 616 g/mol. The smallest absolute Gasteiger partial charge is 0.0543 e. The van der Waals surface area contributed by atoms with Crippen molar-refractivity contribution in [3.63, 3.8) is 0 Å². The van der Waals surface area contributed by atoms with Crippen molar-refractivity contribution in [2.24, 2.45) is 0 Å². The van der Waals surface area contributed by atoms with Gasteiger partial charge in [0.15, 0.2) is 0 Å². The van der Waals surface area contributed by atoms with E-state index in [1.54, 1.807) is 0 Å². The molecule has 0 aliphatic carbocycles. The van der Waals surface area contributed by atoms with Gasteiger partial charge in [-0.1, -0.05) is 121 Å². The number of para-hydroxylation sites is 4. The molecule has 0 aliphatic heterocycles. The summed E-state index contributed by atoms with van der Waals surface area (Å²) in [6, 6.07) is 62.2. The van der Waals surface area contributed by atoms with E-state index in [-0.39, 0.29) is 0 Å². The van der Waals surface area contributed by atoms with Crippen LogP contribution in [0.3, 0.4) is 0 Å². The highest BCUT2D eigenvalue weighted by molar-refractivity contribution is 6.10. The number of aryl methyl sites for hydroxylation is 4. The van der Waals surface area contributed by atoms with Crippen molar-refractivity contribution >= 4 is 43.6 Å². The fraction of sp³-hybridized carbons (Fsp3) is 0.0870. The van der Waals surface area contributed by atoms with E-state index in [2.05, 4.69) is 179 Å². The number of benzene rings is 7. The average molecular weight is 617 g/mol. The lowest BCUT2D eigenvalue weighted by molar-refractivity contribution is 0.940. The van der Waals surface area contributed by atoms with Gasteiger partial charge in [0.05, 0.1) is 22.1 Å². The molecular formula is C46H36N2. The third-order valence-corrected chi connectivity index (χ3v) is 9.93. The summed E-state index contributed by atoms with van der Waals surface area (Å²) in [6.45, 7) is 0. The highest BCUT2D eigenvalue weighted by Crippen LogP contribution is 2.34. The van der Waals surface area contributed by atoms with Gasteiger partial charge in [0, 0.05) is 32.9 Å². The van der Waals surface area contributed by atoms with Crippen LogP contribution in [-0.2, 0) is 25.7 Å². The first-order chi connectivity index (χ1) is 23.8. The lowest BCUT2D eigenvalue weighted by Crippen LogP contribution is -1.96. The Morgan fingerprint density at radius 3 is 1.04 bits per heavy atom. The molecule has 0 saturated carbocycles. The molecule has 9 rings (SSSR count). The maximum absolute atomic E-state index is 2.40. The Morgan fingerprint density at radius 1 is 0.271 bits per heavy atom. The zero-order chi connectivity index (χ0) is 31.9. The summed E-state index contributed by atoms with van der Waals surface area (Å²) in [5.74, 6) is 0. The summed E-state index contributed by atoms with van der Waals surface area (Å²) >= 11 is 0. The van der Waals surface area contributed by atoms with Gasteiger partial charge in [-0.25, -0.2) is 0 Å². The summed E-state index contributed by atoms with van der Waals surface area (Å²) in [5.41, 5.74) is 13.0. The van der Waals surface area contributed by atoms with E-state index < -0.39 is 0 Å². The first-order valence-electron chi connectivity index (χ1n) is 17.0. The molecule has 48 heavy (non-hydrogen) atoms. The summed E-state index contributed by atoms with van der Waals surface area (Å²) in [6.07, 6.45) is 4.08. The summed E-state index contributed by atoms with van der Waals surface area (Å²) in [4.78, 5) is 0. The van der Waals surface area contributed by atoms with Gasteiger partial charge in [-0.05, 0) is 96.5 Å². The zero-order valence-electron chi connectivity index (χ0n) is 26.9. The molecule has 0 radical (unpaired) electrons.